The van der Waals surface area contributed by atoms with Crippen LogP contribution in [0.25, 0.3) is 0 Å². The number of hydrogen-bond acceptors (Lipinski definition) is 5. The van der Waals surface area contributed by atoms with E-state index in [1.807, 2.05) is 0 Å². The van der Waals surface area contributed by atoms with Crippen LogP contribution in [0.4, 0.5) is 0 Å². The molecule has 3 rings (SSSR count). The maximum absolute atomic E-state index is 12.7. The molecule has 118 valence electrons. The van der Waals surface area contributed by atoms with E-state index in [-0.39, 0.29) is 36.3 Å². The van der Waals surface area contributed by atoms with Crippen LogP contribution in [0.1, 0.15) is 33.6 Å². The third-order valence-corrected chi connectivity index (χ3v) is 3.79. The summed E-state index contributed by atoms with van der Waals surface area (Å²) in [5.41, 5.74) is 0.338. The smallest absolute Gasteiger partial charge is 0.266 e. The summed E-state index contributed by atoms with van der Waals surface area (Å²) < 4.78 is 5.42. The number of nitrogens with one attached hydrogen (secondary N) is 1. The molecule has 1 N–H and O–H groups in total. The van der Waals surface area contributed by atoms with Gasteiger partial charge in [0, 0.05) is 6.42 Å². The van der Waals surface area contributed by atoms with E-state index in [1.165, 1.54) is 12.1 Å². The Labute approximate surface area is 131 Å². The maximum atomic E-state index is 12.7. The van der Waals surface area contributed by atoms with Crippen LogP contribution in [0.15, 0.2) is 30.9 Å². The van der Waals surface area contributed by atoms with Crippen LogP contribution in [0.3, 0.4) is 0 Å². The van der Waals surface area contributed by atoms with Gasteiger partial charge < -0.3 is 4.74 Å². The standard InChI is InChI=1S/C16H14N2O5/c1-2-8-23-11-5-3-4-9-13(11)16(22)18(15(9)21)10-6-7-12(19)17-14(10)20/h2-5,10H,1,6-8H2,(H,17,19,20). The summed E-state index contributed by atoms with van der Waals surface area (Å²) in [5.74, 6) is -1.90. The molecule has 1 fully saturated rings. The first-order valence-corrected chi connectivity index (χ1v) is 7.13. The summed E-state index contributed by atoms with van der Waals surface area (Å²) in [6, 6.07) is 3.73. The van der Waals surface area contributed by atoms with E-state index in [4.69, 9.17) is 4.74 Å². The number of carbonyl (C=O) groups is 4. The lowest BCUT2D eigenvalue weighted by Crippen LogP contribution is -2.54. The minimum absolute atomic E-state index is 0.0869. The van der Waals surface area contributed by atoms with Crippen LogP contribution in [0.2, 0.25) is 0 Å². The van der Waals surface area contributed by atoms with Gasteiger partial charge in [0.25, 0.3) is 11.8 Å². The van der Waals surface area contributed by atoms with Crippen molar-refractivity contribution < 1.29 is 23.9 Å². The lowest BCUT2D eigenvalue weighted by molar-refractivity contribution is -0.136. The molecule has 1 aromatic carbocycles. The minimum atomic E-state index is -0.979. The average molecular weight is 314 g/mol. The molecule has 7 nitrogen and oxygen atoms in total. The van der Waals surface area contributed by atoms with Crippen LogP contribution in [0.5, 0.6) is 5.75 Å². The lowest BCUT2D eigenvalue weighted by Gasteiger charge is -2.27. The van der Waals surface area contributed by atoms with Crippen LogP contribution in [-0.2, 0) is 9.59 Å². The third-order valence-electron chi connectivity index (χ3n) is 3.79. The van der Waals surface area contributed by atoms with Crippen molar-refractivity contribution in [3.8, 4) is 5.75 Å². The van der Waals surface area contributed by atoms with E-state index < -0.39 is 29.7 Å². The molecule has 0 radical (unpaired) electrons. The number of nitrogens with zero attached hydrogens (tertiary/aromatic N) is 1. The number of ether oxygens (including phenoxy) is 1. The summed E-state index contributed by atoms with van der Waals surface area (Å²) in [5, 5.41) is 2.15. The number of carbonyl (C=O) groups excluding carboxylic acids is 4. The number of fused-ring (bicyclic) bond motifs is 1. The van der Waals surface area contributed by atoms with Crippen molar-refractivity contribution in [2.24, 2.45) is 0 Å². The van der Waals surface area contributed by atoms with Crippen molar-refractivity contribution in [1.29, 1.82) is 0 Å². The molecule has 4 amide bonds. The molecule has 1 atom stereocenters. The first kappa shape index (κ1) is 15.0. The van der Waals surface area contributed by atoms with Crippen molar-refractivity contribution in [2.45, 2.75) is 18.9 Å². The van der Waals surface area contributed by atoms with Crippen LogP contribution in [0, 0.1) is 0 Å². The molecule has 0 aromatic heterocycles. The molecular formula is C16H14N2O5. The number of rotatable bonds is 4. The van der Waals surface area contributed by atoms with Gasteiger partial charge in [-0.3, -0.25) is 29.4 Å². The average Bonchev–Trinajstić information content (AvgIpc) is 2.78. The summed E-state index contributed by atoms with van der Waals surface area (Å²) in [4.78, 5) is 49.3. The van der Waals surface area contributed by atoms with Gasteiger partial charge in [-0.25, -0.2) is 0 Å². The molecule has 1 saturated heterocycles. The van der Waals surface area contributed by atoms with E-state index in [0.717, 1.165) is 4.90 Å². The van der Waals surface area contributed by atoms with Gasteiger partial charge in [-0.05, 0) is 18.6 Å². The molecule has 1 unspecified atom stereocenters. The summed E-state index contributed by atoms with van der Waals surface area (Å²) >= 11 is 0. The topological polar surface area (TPSA) is 92.8 Å². The Hall–Kier alpha value is -2.96. The van der Waals surface area contributed by atoms with Crippen LogP contribution in [-0.4, -0.2) is 41.2 Å². The predicted molar refractivity (Wildman–Crippen MR) is 78.8 cm³/mol. The summed E-state index contributed by atoms with van der Waals surface area (Å²) in [6.45, 7) is 3.73. The zero-order valence-electron chi connectivity index (χ0n) is 12.2. The van der Waals surface area contributed by atoms with Crippen molar-refractivity contribution in [3.05, 3.63) is 42.0 Å². The Morgan fingerprint density at radius 3 is 2.74 bits per heavy atom. The van der Waals surface area contributed by atoms with Crippen LogP contribution >= 0.6 is 0 Å². The third kappa shape index (κ3) is 2.40. The lowest BCUT2D eigenvalue weighted by atomic mass is 10.0. The molecular weight excluding hydrogens is 300 g/mol. The van der Waals surface area contributed by atoms with Gasteiger partial charge in [0.15, 0.2) is 0 Å². The fraction of sp³-hybridized carbons (Fsp3) is 0.250. The van der Waals surface area contributed by atoms with E-state index in [1.54, 1.807) is 12.1 Å². The van der Waals surface area contributed by atoms with Crippen molar-refractivity contribution in [2.75, 3.05) is 6.61 Å². The van der Waals surface area contributed by atoms with E-state index in [9.17, 15) is 19.2 Å². The number of imide groups is 2. The Bertz CT molecular complexity index is 740. The van der Waals surface area contributed by atoms with Gasteiger partial charge >= 0.3 is 0 Å². The first-order chi connectivity index (χ1) is 11.0. The normalized spacial score (nSPS) is 20.3. The quantitative estimate of drug-likeness (QED) is 0.651. The Balaban J connectivity index is 1.96. The molecule has 2 aliphatic heterocycles. The number of amides is 4. The molecule has 23 heavy (non-hydrogen) atoms. The number of hydrogen-bond donors (Lipinski definition) is 1. The first-order valence-electron chi connectivity index (χ1n) is 7.13. The van der Waals surface area contributed by atoms with Crippen molar-refractivity contribution in [1.82, 2.24) is 10.2 Å². The second-order valence-electron chi connectivity index (χ2n) is 5.23. The van der Waals surface area contributed by atoms with E-state index in [0.29, 0.717) is 0 Å². The fourth-order valence-electron chi connectivity index (χ4n) is 2.75. The molecule has 2 aliphatic rings. The zero-order valence-corrected chi connectivity index (χ0v) is 12.2. The Morgan fingerprint density at radius 2 is 2.04 bits per heavy atom. The molecule has 7 heteroatoms. The highest BCUT2D eigenvalue weighted by atomic mass is 16.5. The zero-order chi connectivity index (χ0) is 16.6. The van der Waals surface area contributed by atoms with Gasteiger partial charge in [-0.2, -0.15) is 0 Å². The molecule has 0 aliphatic carbocycles. The highest BCUT2D eigenvalue weighted by Gasteiger charge is 2.45. The summed E-state index contributed by atoms with van der Waals surface area (Å²) in [7, 11) is 0. The molecule has 0 spiro atoms. The summed E-state index contributed by atoms with van der Waals surface area (Å²) in [6.07, 6.45) is 1.74. The minimum Gasteiger partial charge on any atom is -0.489 e. The highest BCUT2D eigenvalue weighted by molar-refractivity contribution is 6.24. The monoisotopic (exact) mass is 314 g/mol. The molecule has 0 saturated carbocycles. The molecule has 2 heterocycles. The van der Waals surface area contributed by atoms with E-state index >= 15 is 0 Å². The predicted octanol–water partition coefficient (Wildman–Crippen LogP) is 0.653. The maximum Gasteiger partial charge on any atom is 0.266 e. The van der Waals surface area contributed by atoms with Gasteiger partial charge in [0.2, 0.25) is 11.8 Å². The largest absolute Gasteiger partial charge is 0.489 e. The van der Waals surface area contributed by atoms with Crippen molar-refractivity contribution in [3.63, 3.8) is 0 Å². The Morgan fingerprint density at radius 1 is 1.26 bits per heavy atom. The second-order valence-corrected chi connectivity index (χ2v) is 5.23. The highest BCUT2D eigenvalue weighted by Crippen LogP contribution is 2.33. The molecule has 0 bridgehead atoms. The van der Waals surface area contributed by atoms with Gasteiger partial charge in [-0.15, -0.1) is 0 Å². The molecule has 1 aromatic rings. The van der Waals surface area contributed by atoms with Crippen molar-refractivity contribution >= 4 is 23.6 Å². The van der Waals surface area contributed by atoms with Gasteiger partial charge in [-0.1, -0.05) is 18.7 Å². The second kappa shape index (κ2) is 5.68. The van der Waals surface area contributed by atoms with Gasteiger partial charge in [0.1, 0.15) is 18.4 Å². The number of piperidine rings is 1. The fourth-order valence-corrected chi connectivity index (χ4v) is 2.75. The SMILES string of the molecule is C=CCOc1cccc2c1C(=O)N(C1CCC(=O)NC1=O)C2=O. The van der Waals surface area contributed by atoms with Gasteiger partial charge in [0.05, 0.1) is 11.1 Å². The Kier molecular flexibility index (Phi) is 3.69. The number of benzene rings is 1. The van der Waals surface area contributed by atoms with Crippen LogP contribution < -0.4 is 10.1 Å². The van der Waals surface area contributed by atoms with E-state index in [2.05, 4.69) is 11.9 Å².